The SMILES string of the molecule is Cc1ccc(C(C)C=C(Cl)c2ccccc2)cc1. The molecule has 0 fully saturated rings. The maximum atomic E-state index is 6.34. The second-order valence-corrected chi connectivity index (χ2v) is 4.99. The Kier molecular flexibility index (Phi) is 4.22. The van der Waals surface area contributed by atoms with Gasteiger partial charge in [-0.2, -0.15) is 0 Å². The van der Waals surface area contributed by atoms with Crippen LogP contribution in [0.3, 0.4) is 0 Å². The standard InChI is InChI=1S/C17H17Cl/c1-13-8-10-15(11-9-13)14(2)12-17(18)16-6-4-3-5-7-16/h3-12,14H,1-2H3. The summed E-state index contributed by atoms with van der Waals surface area (Å²) in [6, 6.07) is 18.6. The van der Waals surface area contributed by atoms with E-state index in [1.807, 2.05) is 30.3 Å². The average Bonchev–Trinajstić information content (AvgIpc) is 2.40. The van der Waals surface area contributed by atoms with Crippen LogP contribution >= 0.6 is 11.6 Å². The second-order valence-electron chi connectivity index (χ2n) is 4.58. The van der Waals surface area contributed by atoms with Gasteiger partial charge in [0.1, 0.15) is 0 Å². The van der Waals surface area contributed by atoms with Gasteiger partial charge in [-0.25, -0.2) is 0 Å². The van der Waals surface area contributed by atoms with Gasteiger partial charge in [0.05, 0.1) is 0 Å². The molecule has 0 bridgehead atoms. The van der Waals surface area contributed by atoms with Crippen LogP contribution in [0.4, 0.5) is 0 Å². The maximum absolute atomic E-state index is 6.34. The lowest BCUT2D eigenvalue weighted by Crippen LogP contribution is -1.90. The molecule has 1 unspecified atom stereocenters. The summed E-state index contributed by atoms with van der Waals surface area (Å²) in [5.41, 5.74) is 3.64. The van der Waals surface area contributed by atoms with Crippen molar-refractivity contribution < 1.29 is 0 Å². The zero-order valence-corrected chi connectivity index (χ0v) is 11.5. The van der Waals surface area contributed by atoms with Crippen LogP contribution in [0.2, 0.25) is 0 Å². The lowest BCUT2D eigenvalue weighted by molar-refractivity contribution is 0.970. The highest BCUT2D eigenvalue weighted by Gasteiger charge is 2.04. The molecule has 0 N–H and O–H groups in total. The Labute approximate surface area is 114 Å². The van der Waals surface area contributed by atoms with Crippen molar-refractivity contribution in [2.75, 3.05) is 0 Å². The molecule has 0 spiro atoms. The first-order valence-corrected chi connectivity index (χ1v) is 6.54. The van der Waals surface area contributed by atoms with Crippen molar-refractivity contribution in [3.8, 4) is 0 Å². The van der Waals surface area contributed by atoms with E-state index in [-0.39, 0.29) is 0 Å². The molecule has 1 heteroatoms. The van der Waals surface area contributed by atoms with Gasteiger partial charge < -0.3 is 0 Å². The molecule has 0 aliphatic heterocycles. The van der Waals surface area contributed by atoms with Crippen molar-refractivity contribution in [1.82, 2.24) is 0 Å². The summed E-state index contributed by atoms with van der Waals surface area (Å²) in [6.45, 7) is 4.26. The van der Waals surface area contributed by atoms with E-state index in [1.54, 1.807) is 0 Å². The molecule has 0 amide bonds. The molecule has 1 atom stereocenters. The Balaban J connectivity index is 2.20. The van der Waals surface area contributed by atoms with Crippen molar-refractivity contribution in [2.45, 2.75) is 19.8 Å². The van der Waals surface area contributed by atoms with E-state index in [2.05, 4.69) is 44.2 Å². The smallest absolute Gasteiger partial charge is 0.0444 e. The molecule has 0 aliphatic carbocycles. The molecule has 0 nitrogen and oxygen atoms in total. The monoisotopic (exact) mass is 256 g/mol. The number of halogens is 1. The number of hydrogen-bond acceptors (Lipinski definition) is 0. The van der Waals surface area contributed by atoms with Crippen LogP contribution in [-0.4, -0.2) is 0 Å². The fourth-order valence-electron chi connectivity index (χ4n) is 1.88. The second kappa shape index (κ2) is 5.88. The third-order valence-electron chi connectivity index (χ3n) is 3.05. The van der Waals surface area contributed by atoms with Crippen molar-refractivity contribution in [3.05, 3.63) is 77.4 Å². The quantitative estimate of drug-likeness (QED) is 0.692. The van der Waals surface area contributed by atoms with Gasteiger partial charge in [-0.3, -0.25) is 0 Å². The Bertz CT molecular complexity index is 523. The van der Waals surface area contributed by atoms with Crippen LogP contribution in [0, 0.1) is 6.92 Å². The Morgan fingerprint density at radius 1 is 1.00 bits per heavy atom. The molecule has 18 heavy (non-hydrogen) atoms. The van der Waals surface area contributed by atoms with E-state index in [0.717, 1.165) is 10.6 Å². The summed E-state index contributed by atoms with van der Waals surface area (Å²) in [4.78, 5) is 0. The van der Waals surface area contributed by atoms with Crippen molar-refractivity contribution in [1.29, 1.82) is 0 Å². The van der Waals surface area contributed by atoms with E-state index in [0.29, 0.717) is 5.92 Å². The summed E-state index contributed by atoms with van der Waals surface area (Å²) in [5, 5.41) is 0.809. The summed E-state index contributed by atoms with van der Waals surface area (Å²) < 4.78 is 0. The van der Waals surface area contributed by atoms with Gasteiger partial charge in [0.15, 0.2) is 0 Å². The topological polar surface area (TPSA) is 0 Å². The van der Waals surface area contributed by atoms with Gasteiger partial charge in [0.2, 0.25) is 0 Å². The molecular formula is C17H17Cl. The molecule has 0 radical (unpaired) electrons. The lowest BCUT2D eigenvalue weighted by Gasteiger charge is -2.08. The lowest BCUT2D eigenvalue weighted by atomic mass is 9.99. The molecule has 2 aromatic carbocycles. The van der Waals surface area contributed by atoms with E-state index >= 15 is 0 Å². The minimum atomic E-state index is 0.318. The van der Waals surface area contributed by atoms with Gasteiger partial charge in [-0.15, -0.1) is 0 Å². The fraction of sp³-hybridized carbons (Fsp3) is 0.176. The van der Waals surface area contributed by atoms with Crippen LogP contribution in [-0.2, 0) is 0 Å². The number of hydrogen-bond donors (Lipinski definition) is 0. The van der Waals surface area contributed by atoms with Gasteiger partial charge in [0, 0.05) is 11.0 Å². The van der Waals surface area contributed by atoms with Crippen LogP contribution < -0.4 is 0 Å². The third-order valence-corrected chi connectivity index (χ3v) is 3.39. The normalized spacial score (nSPS) is 13.4. The van der Waals surface area contributed by atoms with Crippen molar-refractivity contribution >= 4 is 16.6 Å². The van der Waals surface area contributed by atoms with Gasteiger partial charge >= 0.3 is 0 Å². The number of allylic oxidation sites excluding steroid dienone is 1. The molecule has 0 aromatic heterocycles. The van der Waals surface area contributed by atoms with Crippen LogP contribution in [0.1, 0.15) is 29.5 Å². The molecule has 0 saturated heterocycles. The molecule has 2 rings (SSSR count). The van der Waals surface area contributed by atoms with Crippen LogP contribution in [0.25, 0.3) is 5.03 Å². The van der Waals surface area contributed by atoms with Crippen LogP contribution in [0.15, 0.2) is 60.7 Å². The summed E-state index contributed by atoms with van der Waals surface area (Å²) in [6.07, 6.45) is 2.10. The summed E-state index contributed by atoms with van der Waals surface area (Å²) in [5.74, 6) is 0.318. The van der Waals surface area contributed by atoms with E-state index in [1.165, 1.54) is 11.1 Å². The van der Waals surface area contributed by atoms with E-state index in [9.17, 15) is 0 Å². The molecule has 0 aliphatic rings. The highest BCUT2D eigenvalue weighted by molar-refractivity contribution is 6.48. The molecular weight excluding hydrogens is 240 g/mol. The highest BCUT2D eigenvalue weighted by Crippen LogP contribution is 2.25. The third kappa shape index (κ3) is 3.24. The first-order chi connectivity index (χ1) is 8.66. The molecule has 2 aromatic rings. The predicted octanol–water partition coefficient (Wildman–Crippen LogP) is 5.38. The zero-order valence-electron chi connectivity index (χ0n) is 10.7. The van der Waals surface area contributed by atoms with E-state index < -0.39 is 0 Å². The van der Waals surface area contributed by atoms with Gasteiger partial charge in [0.25, 0.3) is 0 Å². The first-order valence-electron chi connectivity index (χ1n) is 6.16. The Morgan fingerprint density at radius 2 is 1.61 bits per heavy atom. The average molecular weight is 257 g/mol. The minimum Gasteiger partial charge on any atom is -0.0840 e. The Hall–Kier alpha value is -1.53. The summed E-state index contributed by atoms with van der Waals surface area (Å²) in [7, 11) is 0. The zero-order chi connectivity index (χ0) is 13.0. The first kappa shape index (κ1) is 12.9. The largest absolute Gasteiger partial charge is 0.0840 e. The highest BCUT2D eigenvalue weighted by atomic mass is 35.5. The molecule has 0 heterocycles. The summed E-state index contributed by atoms with van der Waals surface area (Å²) >= 11 is 6.34. The predicted molar refractivity (Wildman–Crippen MR) is 79.9 cm³/mol. The minimum absolute atomic E-state index is 0.318. The maximum Gasteiger partial charge on any atom is 0.0444 e. The number of aryl methyl sites for hydroxylation is 1. The number of benzene rings is 2. The molecule has 0 saturated carbocycles. The Morgan fingerprint density at radius 3 is 2.22 bits per heavy atom. The van der Waals surface area contributed by atoms with Crippen LogP contribution in [0.5, 0.6) is 0 Å². The molecule has 92 valence electrons. The van der Waals surface area contributed by atoms with Crippen molar-refractivity contribution in [3.63, 3.8) is 0 Å². The van der Waals surface area contributed by atoms with E-state index in [4.69, 9.17) is 11.6 Å². The fourth-order valence-corrected chi connectivity index (χ4v) is 2.19. The van der Waals surface area contributed by atoms with Crippen molar-refractivity contribution in [2.24, 2.45) is 0 Å². The van der Waals surface area contributed by atoms with Gasteiger partial charge in [-0.1, -0.05) is 84.8 Å². The van der Waals surface area contributed by atoms with Gasteiger partial charge in [-0.05, 0) is 18.1 Å². The number of rotatable bonds is 3.